The van der Waals surface area contributed by atoms with Crippen molar-refractivity contribution in [3.05, 3.63) is 29.3 Å². The molecule has 0 atom stereocenters. The van der Waals surface area contributed by atoms with Crippen LogP contribution in [0.1, 0.15) is 11.1 Å². The molecule has 86 valence electrons. The van der Waals surface area contributed by atoms with Crippen molar-refractivity contribution in [2.75, 3.05) is 6.26 Å². The van der Waals surface area contributed by atoms with E-state index in [2.05, 4.69) is 16.3 Å². The van der Waals surface area contributed by atoms with Gasteiger partial charge in [-0.3, -0.25) is 0 Å². The molecule has 2 rings (SSSR count). The molecule has 0 fully saturated rings. The average molecular weight is 279 g/mol. The van der Waals surface area contributed by atoms with Gasteiger partial charge in [0, 0.05) is 4.90 Å². The topological polar surface area (TPSA) is 49.6 Å². The Kier molecular flexibility index (Phi) is 4.05. The SMILES string of the molecule is CSc1nnc(Sc2ccc(C#N)c(C)c2)s1. The van der Waals surface area contributed by atoms with Crippen LogP contribution in [0.4, 0.5) is 0 Å². The van der Waals surface area contributed by atoms with E-state index in [1.165, 1.54) is 0 Å². The smallest absolute Gasteiger partial charge is 0.179 e. The normalized spacial score (nSPS) is 10.2. The number of nitrogens with zero attached hydrogens (tertiary/aromatic N) is 3. The van der Waals surface area contributed by atoms with Gasteiger partial charge in [0.15, 0.2) is 8.68 Å². The van der Waals surface area contributed by atoms with Gasteiger partial charge in [0.05, 0.1) is 11.6 Å². The van der Waals surface area contributed by atoms with E-state index in [0.717, 1.165) is 24.7 Å². The van der Waals surface area contributed by atoms with Crippen LogP contribution < -0.4 is 0 Å². The molecule has 0 aliphatic heterocycles. The molecule has 1 heterocycles. The van der Waals surface area contributed by atoms with E-state index >= 15 is 0 Å². The molecule has 0 spiro atoms. The van der Waals surface area contributed by atoms with Crippen LogP contribution in [0.2, 0.25) is 0 Å². The van der Waals surface area contributed by atoms with Crippen LogP contribution >= 0.6 is 34.9 Å². The molecule has 17 heavy (non-hydrogen) atoms. The Hall–Kier alpha value is -1.03. The zero-order valence-corrected chi connectivity index (χ0v) is 11.7. The van der Waals surface area contributed by atoms with Crippen LogP contribution in [0, 0.1) is 18.3 Å². The summed E-state index contributed by atoms with van der Waals surface area (Å²) in [6.45, 7) is 1.94. The van der Waals surface area contributed by atoms with Crippen molar-refractivity contribution in [1.82, 2.24) is 10.2 Å². The number of hydrogen-bond acceptors (Lipinski definition) is 6. The first-order valence-corrected chi connectivity index (χ1v) is 7.65. The number of aryl methyl sites for hydroxylation is 1. The maximum Gasteiger partial charge on any atom is 0.179 e. The molecule has 0 saturated heterocycles. The second-order valence-electron chi connectivity index (χ2n) is 3.23. The number of nitriles is 1. The third-order valence-corrected chi connectivity index (χ3v) is 5.03. The van der Waals surface area contributed by atoms with Gasteiger partial charge in [0.1, 0.15) is 0 Å². The van der Waals surface area contributed by atoms with Gasteiger partial charge in [-0.15, -0.1) is 10.2 Å². The van der Waals surface area contributed by atoms with Crippen molar-refractivity contribution in [2.45, 2.75) is 20.5 Å². The minimum atomic E-state index is 0.719. The largest absolute Gasteiger partial charge is 0.192 e. The molecule has 0 N–H and O–H groups in total. The lowest BCUT2D eigenvalue weighted by Gasteiger charge is -2.00. The standard InChI is InChI=1S/C11H9N3S3/c1-7-5-9(4-3-8(7)6-12)16-11-14-13-10(15-2)17-11/h3-5H,1-2H3. The van der Waals surface area contributed by atoms with E-state index < -0.39 is 0 Å². The van der Waals surface area contributed by atoms with Gasteiger partial charge in [0.2, 0.25) is 0 Å². The van der Waals surface area contributed by atoms with Crippen molar-refractivity contribution in [2.24, 2.45) is 0 Å². The maximum absolute atomic E-state index is 8.85. The minimum absolute atomic E-state index is 0.719. The van der Waals surface area contributed by atoms with Gasteiger partial charge < -0.3 is 0 Å². The Morgan fingerprint density at radius 2 is 2.06 bits per heavy atom. The second-order valence-corrected chi connectivity index (χ2v) is 6.58. The Morgan fingerprint density at radius 3 is 2.65 bits per heavy atom. The fourth-order valence-electron chi connectivity index (χ4n) is 1.25. The number of thioether (sulfide) groups is 1. The molecule has 0 aliphatic rings. The Morgan fingerprint density at radius 1 is 1.29 bits per heavy atom. The third-order valence-electron chi connectivity index (χ3n) is 2.09. The van der Waals surface area contributed by atoms with Crippen molar-refractivity contribution in [3.8, 4) is 6.07 Å². The monoisotopic (exact) mass is 279 g/mol. The van der Waals surface area contributed by atoms with E-state index in [4.69, 9.17) is 5.26 Å². The van der Waals surface area contributed by atoms with Crippen LogP contribution in [-0.2, 0) is 0 Å². The van der Waals surface area contributed by atoms with Crippen LogP contribution in [0.25, 0.3) is 0 Å². The summed E-state index contributed by atoms with van der Waals surface area (Å²) >= 11 is 4.76. The van der Waals surface area contributed by atoms with Crippen LogP contribution in [0.15, 0.2) is 31.8 Å². The molecule has 0 aliphatic carbocycles. The Bertz CT molecular complexity index is 572. The summed E-state index contributed by atoms with van der Waals surface area (Å²) in [6.07, 6.45) is 1.99. The lowest BCUT2D eigenvalue weighted by molar-refractivity contribution is 0.955. The molecular formula is C11H9N3S3. The maximum atomic E-state index is 8.85. The summed E-state index contributed by atoms with van der Waals surface area (Å²) in [4.78, 5) is 1.09. The van der Waals surface area contributed by atoms with E-state index in [0.29, 0.717) is 0 Å². The first-order valence-electron chi connectivity index (χ1n) is 4.79. The molecule has 3 nitrogen and oxygen atoms in total. The quantitative estimate of drug-likeness (QED) is 0.804. The Labute approximate surface area is 112 Å². The molecule has 6 heteroatoms. The fourth-order valence-corrected chi connectivity index (χ4v) is 3.76. The minimum Gasteiger partial charge on any atom is -0.192 e. The Balaban J connectivity index is 2.19. The molecular weight excluding hydrogens is 270 g/mol. The molecule has 0 amide bonds. The van der Waals surface area contributed by atoms with E-state index in [9.17, 15) is 0 Å². The first-order chi connectivity index (χ1) is 8.22. The van der Waals surface area contributed by atoms with Crippen LogP contribution in [0.5, 0.6) is 0 Å². The van der Waals surface area contributed by atoms with Gasteiger partial charge in [0.25, 0.3) is 0 Å². The number of rotatable bonds is 3. The summed E-state index contributed by atoms with van der Waals surface area (Å²) in [5.74, 6) is 0. The first kappa shape index (κ1) is 12.4. The van der Waals surface area contributed by atoms with Crippen molar-refractivity contribution >= 4 is 34.9 Å². The third kappa shape index (κ3) is 3.00. The van der Waals surface area contributed by atoms with E-state index in [-0.39, 0.29) is 0 Å². The fraction of sp³-hybridized carbons (Fsp3) is 0.182. The molecule has 0 unspecified atom stereocenters. The highest BCUT2D eigenvalue weighted by Crippen LogP contribution is 2.33. The van der Waals surface area contributed by atoms with Crippen LogP contribution in [-0.4, -0.2) is 16.5 Å². The van der Waals surface area contributed by atoms with E-state index in [1.54, 1.807) is 34.9 Å². The predicted octanol–water partition coefficient (Wildman–Crippen LogP) is 3.59. The molecule has 1 aromatic heterocycles. The highest BCUT2D eigenvalue weighted by molar-refractivity contribution is 8.03. The molecule has 0 radical (unpaired) electrons. The van der Waals surface area contributed by atoms with Crippen LogP contribution in [0.3, 0.4) is 0 Å². The number of benzene rings is 1. The molecule has 0 saturated carbocycles. The highest BCUT2D eigenvalue weighted by Gasteiger charge is 2.06. The predicted molar refractivity (Wildman–Crippen MR) is 71.7 cm³/mol. The van der Waals surface area contributed by atoms with Gasteiger partial charge in [-0.05, 0) is 36.9 Å². The summed E-state index contributed by atoms with van der Waals surface area (Å²) in [7, 11) is 0. The van der Waals surface area contributed by atoms with Gasteiger partial charge >= 0.3 is 0 Å². The highest BCUT2D eigenvalue weighted by atomic mass is 32.2. The van der Waals surface area contributed by atoms with Gasteiger partial charge in [-0.1, -0.05) is 34.9 Å². The molecule has 1 aromatic carbocycles. The van der Waals surface area contributed by atoms with Gasteiger partial charge in [-0.25, -0.2) is 0 Å². The summed E-state index contributed by atoms with van der Waals surface area (Å²) in [5, 5.41) is 17.0. The number of aromatic nitrogens is 2. The van der Waals surface area contributed by atoms with Crippen molar-refractivity contribution < 1.29 is 0 Å². The van der Waals surface area contributed by atoms with E-state index in [1.807, 2.05) is 31.4 Å². The van der Waals surface area contributed by atoms with Crippen molar-refractivity contribution in [3.63, 3.8) is 0 Å². The molecule has 0 bridgehead atoms. The average Bonchev–Trinajstić information content (AvgIpc) is 2.77. The summed E-state index contributed by atoms with van der Waals surface area (Å²) in [5.41, 5.74) is 1.71. The zero-order valence-electron chi connectivity index (χ0n) is 9.30. The second kappa shape index (κ2) is 5.54. The molecule has 2 aromatic rings. The lowest BCUT2D eigenvalue weighted by Crippen LogP contribution is -1.82. The lowest BCUT2D eigenvalue weighted by atomic mass is 10.1. The van der Waals surface area contributed by atoms with Gasteiger partial charge in [-0.2, -0.15) is 5.26 Å². The summed E-state index contributed by atoms with van der Waals surface area (Å²) < 4.78 is 1.90. The van der Waals surface area contributed by atoms with Crippen molar-refractivity contribution in [1.29, 1.82) is 5.26 Å². The zero-order chi connectivity index (χ0) is 12.3. The number of hydrogen-bond donors (Lipinski definition) is 0. The summed E-state index contributed by atoms with van der Waals surface area (Å²) in [6, 6.07) is 7.95.